The van der Waals surface area contributed by atoms with Crippen LogP contribution in [0.15, 0.2) is 35.5 Å². The van der Waals surface area contributed by atoms with Gasteiger partial charge in [0.25, 0.3) is 0 Å². The number of pyridine rings is 1. The van der Waals surface area contributed by atoms with E-state index in [9.17, 15) is 22.0 Å². The minimum atomic E-state index is -5.68. The molecule has 6 nitrogen and oxygen atoms in total. The van der Waals surface area contributed by atoms with E-state index in [0.717, 1.165) is 30.8 Å². The molecule has 2 aromatic rings. The van der Waals surface area contributed by atoms with Crippen LogP contribution in [0.25, 0.3) is 0 Å². The van der Waals surface area contributed by atoms with Gasteiger partial charge >= 0.3 is 12.1 Å². The van der Waals surface area contributed by atoms with Crippen LogP contribution in [-0.4, -0.2) is 36.1 Å². The molecule has 160 valence electrons. The Morgan fingerprint density at radius 1 is 1.17 bits per heavy atom. The highest BCUT2D eigenvalue weighted by Gasteiger charge is 2.57. The van der Waals surface area contributed by atoms with Crippen LogP contribution in [0.1, 0.15) is 29.5 Å². The van der Waals surface area contributed by atoms with Crippen molar-refractivity contribution in [3.05, 3.63) is 47.2 Å². The molecule has 0 atom stereocenters. The van der Waals surface area contributed by atoms with E-state index >= 15 is 0 Å². The van der Waals surface area contributed by atoms with Gasteiger partial charge in [-0.15, -0.1) is 0 Å². The zero-order chi connectivity index (χ0) is 22.2. The maximum Gasteiger partial charge on any atom is 0.455 e. The second kappa shape index (κ2) is 7.63. The maximum absolute atomic E-state index is 13.1. The number of alkyl halides is 5. The molecule has 30 heavy (non-hydrogen) atoms. The van der Waals surface area contributed by atoms with Crippen molar-refractivity contribution in [3.8, 4) is 0 Å². The van der Waals surface area contributed by atoms with E-state index < -0.39 is 18.6 Å². The summed E-state index contributed by atoms with van der Waals surface area (Å²) in [6.45, 7) is -1.67. The first-order valence-corrected chi connectivity index (χ1v) is 8.87. The highest BCUT2D eigenvalue weighted by Crippen LogP contribution is 2.43. The van der Waals surface area contributed by atoms with Gasteiger partial charge < -0.3 is 22.2 Å². The summed E-state index contributed by atoms with van der Waals surface area (Å²) in [5.41, 5.74) is 13.7. The van der Waals surface area contributed by atoms with Crippen LogP contribution < -0.4 is 16.8 Å². The van der Waals surface area contributed by atoms with Gasteiger partial charge in [0, 0.05) is 34.8 Å². The number of rotatable bonds is 7. The van der Waals surface area contributed by atoms with Crippen LogP contribution >= 0.6 is 0 Å². The monoisotopic (exact) mass is 426 g/mol. The molecule has 0 radical (unpaired) electrons. The van der Waals surface area contributed by atoms with Crippen LogP contribution in [0.5, 0.6) is 0 Å². The Morgan fingerprint density at radius 3 is 2.47 bits per heavy atom. The molecular formula is C19H19F5N6. The first-order chi connectivity index (χ1) is 13.9. The average molecular weight is 426 g/mol. The standard InChI is InChI=1S/C19H19F5N6/c20-18(21,19(22,23)24)10-30-15-9-29-16(6-11(15)7-25)28-8-12-5-13(1-2-14(12)26)17(27)3-4-17/h1-2,5-9,25,30H,3-4,10,26-27H2. The van der Waals surface area contributed by atoms with Gasteiger partial charge in [0.05, 0.1) is 18.4 Å². The van der Waals surface area contributed by atoms with Crippen molar-refractivity contribution in [2.45, 2.75) is 30.5 Å². The van der Waals surface area contributed by atoms with Crippen molar-refractivity contribution >= 4 is 29.6 Å². The Hall–Kier alpha value is -3.08. The normalized spacial score (nSPS) is 15.9. The molecular weight excluding hydrogens is 407 g/mol. The van der Waals surface area contributed by atoms with Crippen molar-refractivity contribution < 1.29 is 22.0 Å². The second-order valence-corrected chi connectivity index (χ2v) is 7.09. The Kier molecular flexibility index (Phi) is 5.50. The van der Waals surface area contributed by atoms with E-state index in [1.165, 1.54) is 12.3 Å². The lowest BCUT2D eigenvalue weighted by atomic mass is 10.0. The molecule has 0 amide bonds. The molecule has 6 N–H and O–H groups in total. The van der Waals surface area contributed by atoms with Crippen LogP contribution in [-0.2, 0) is 5.54 Å². The number of halogens is 5. The van der Waals surface area contributed by atoms with E-state index in [-0.39, 0.29) is 22.6 Å². The smallest absolute Gasteiger partial charge is 0.398 e. The molecule has 0 unspecified atom stereocenters. The van der Waals surface area contributed by atoms with Crippen LogP contribution in [0.3, 0.4) is 0 Å². The fraction of sp³-hybridized carbons (Fsp3) is 0.316. The van der Waals surface area contributed by atoms with Crippen molar-refractivity contribution in [1.82, 2.24) is 4.98 Å². The Balaban J connectivity index is 1.78. The van der Waals surface area contributed by atoms with Crippen LogP contribution in [0, 0.1) is 5.41 Å². The predicted molar refractivity (Wildman–Crippen MR) is 105 cm³/mol. The summed E-state index contributed by atoms with van der Waals surface area (Å²) in [5.74, 6) is -4.80. The maximum atomic E-state index is 13.1. The van der Waals surface area contributed by atoms with Gasteiger partial charge in [-0.2, -0.15) is 22.0 Å². The van der Waals surface area contributed by atoms with E-state index in [1.807, 2.05) is 17.4 Å². The number of aliphatic imine (C=N–C) groups is 1. The lowest BCUT2D eigenvalue weighted by molar-refractivity contribution is -0.275. The first kappa shape index (κ1) is 21.6. The Labute approximate surface area is 168 Å². The zero-order valence-electron chi connectivity index (χ0n) is 15.6. The number of anilines is 2. The van der Waals surface area contributed by atoms with Crippen LogP contribution in [0.4, 0.5) is 39.1 Å². The highest BCUT2D eigenvalue weighted by molar-refractivity contribution is 5.90. The quantitative estimate of drug-likeness (QED) is 0.305. The molecule has 1 aliphatic rings. The number of nitrogens with zero attached hydrogens (tertiary/aromatic N) is 2. The summed E-state index contributed by atoms with van der Waals surface area (Å²) in [6, 6.07) is 6.66. The van der Waals surface area contributed by atoms with Gasteiger partial charge in [-0.1, -0.05) is 6.07 Å². The van der Waals surface area contributed by atoms with E-state index in [0.29, 0.717) is 11.3 Å². The third kappa shape index (κ3) is 4.56. The number of hydrogen-bond acceptors (Lipinski definition) is 6. The number of benzene rings is 1. The molecule has 3 rings (SSSR count). The summed E-state index contributed by atoms with van der Waals surface area (Å²) in [4.78, 5) is 8.09. The number of nitrogen functional groups attached to an aromatic ring is 1. The highest BCUT2D eigenvalue weighted by atomic mass is 19.4. The summed E-state index contributed by atoms with van der Waals surface area (Å²) < 4.78 is 63.1. The van der Waals surface area contributed by atoms with E-state index in [1.54, 1.807) is 6.07 Å². The first-order valence-electron chi connectivity index (χ1n) is 8.87. The fourth-order valence-electron chi connectivity index (χ4n) is 2.66. The zero-order valence-corrected chi connectivity index (χ0v) is 15.6. The minimum Gasteiger partial charge on any atom is -0.398 e. The number of hydrogen-bond donors (Lipinski definition) is 4. The number of aromatic nitrogens is 1. The Morgan fingerprint density at radius 2 is 1.87 bits per heavy atom. The van der Waals surface area contributed by atoms with Crippen molar-refractivity contribution in [3.63, 3.8) is 0 Å². The molecule has 0 bridgehead atoms. The van der Waals surface area contributed by atoms with Gasteiger partial charge in [-0.3, -0.25) is 0 Å². The predicted octanol–water partition coefficient (Wildman–Crippen LogP) is 3.97. The summed E-state index contributed by atoms with van der Waals surface area (Å²) in [7, 11) is 0. The average Bonchev–Trinajstić information content (AvgIpc) is 3.43. The van der Waals surface area contributed by atoms with Crippen molar-refractivity contribution in [2.75, 3.05) is 17.6 Å². The third-order valence-electron chi connectivity index (χ3n) is 4.78. The van der Waals surface area contributed by atoms with E-state index in [2.05, 4.69) is 9.98 Å². The van der Waals surface area contributed by atoms with Crippen molar-refractivity contribution in [1.29, 1.82) is 5.41 Å². The fourth-order valence-corrected chi connectivity index (χ4v) is 2.66. The molecule has 1 heterocycles. The summed E-state index contributed by atoms with van der Waals surface area (Å²) >= 11 is 0. The molecule has 1 aromatic carbocycles. The molecule has 1 aliphatic carbocycles. The molecule has 0 spiro atoms. The molecule has 11 heteroatoms. The SMILES string of the molecule is N=Cc1cc(N=Cc2cc(C3(N)CC3)ccc2N)ncc1NCC(F)(F)C(F)(F)F. The summed E-state index contributed by atoms with van der Waals surface area (Å²) in [5, 5.41) is 9.37. The second-order valence-electron chi connectivity index (χ2n) is 7.09. The van der Waals surface area contributed by atoms with Gasteiger partial charge in [-0.25, -0.2) is 9.98 Å². The lowest BCUT2D eigenvalue weighted by Crippen LogP contribution is -2.42. The third-order valence-corrected chi connectivity index (χ3v) is 4.78. The van der Waals surface area contributed by atoms with Crippen LogP contribution in [0.2, 0.25) is 0 Å². The minimum absolute atomic E-state index is 0.0516. The van der Waals surface area contributed by atoms with E-state index in [4.69, 9.17) is 16.9 Å². The van der Waals surface area contributed by atoms with Crippen molar-refractivity contribution in [2.24, 2.45) is 10.7 Å². The van der Waals surface area contributed by atoms with Gasteiger partial charge in [0.15, 0.2) is 5.82 Å². The molecule has 1 fully saturated rings. The topological polar surface area (TPSA) is 113 Å². The van der Waals surface area contributed by atoms with Gasteiger partial charge in [0.1, 0.15) is 0 Å². The van der Waals surface area contributed by atoms with Gasteiger partial charge in [-0.05, 0) is 36.6 Å². The van der Waals surface area contributed by atoms with Gasteiger partial charge in [0.2, 0.25) is 0 Å². The Bertz CT molecular complexity index is 982. The number of nitrogens with two attached hydrogens (primary N) is 2. The molecule has 0 aliphatic heterocycles. The number of nitrogens with one attached hydrogen (secondary N) is 2. The molecule has 1 aromatic heterocycles. The largest absolute Gasteiger partial charge is 0.455 e. The lowest BCUT2D eigenvalue weighted by Gasteiger charge is -2.20. The summed E-state index contributed by atoms with van der Waals surface area (Å²) in [6.07, 6.45) is -0.641. The molecule has 0 saturated heterocycles. The molecule has 1 saturated carbocycles.